The van der Waals surface area contributed by atoms with E-state index in [9.17, 15) is 0 Å². The smallest absolute Gasteiger partial charge is 0.179 e. The fourth-order valence-electron chi connectivity index (χ4n) is 2.05. The van der Waals surface area contributed by atoms with Crippen molar-refractivity contribution in [1.82, 2.24) is 5.43 Å². The van der Waals surface area contributed by atoms with E-state index in [0.717, 1.165) is 5.56 Å². The molecular formula is C12H17ClN2O2. The summed E-state index contributed by atoms with van der Waals surface area (Å²) in [6.07, 6.45) is 2.39. The fourth-order valence-corrected chi connectivity index (χ4v) is 2.35. The minimum absolute atomic E-state index is 0.132. The van der Waals surface area contributed by atoms with Gasteiger partial charge < -0.3 is 9.47 Å². The lowest BCUT2D eigenvalue weighted by atomic mass is 10.0. The third kappa shape index (κ3) is 2.49. The van der Waals surface area contributed by atoms with Crippen LogP contribution in [-0.4, -0.2) is 14.2 Å². The van der Waals surface area contributed by atoms with Gasteiger partial charge >= 0.3 is 0 Å². The second-order valence-electron chi connectivity index (χ2n) is 4.22. The van der Waals surface area contributed by atoms with E-state index in [1.165, 1.54) is 12.8 Å². The van der Waals surface area contributed by atoms with Crippen molar-refractivity contribution in [3.63, 3.8) is 0 Å². The van der Waals surface area contributed by atoms with Crippen LogP contribution in [0.1, 0.15) is 24.4 Å². The number of hydrogen-bond donors (Lipinski definition) is 2. The third-order valence-corrected chi connectivity index (χ3v) is 3.37. The lowest BCUT2D eigenvalue weighted by Gasteiger charge is -2.18. The zero-order valence-corrected chi connectivity index (χ0v) is 10.8. The van der Waals surface area contributed by atoms with Gasteiger partial charge in [0, 0.05) is 6.04 Å². The molecule has 0 aliphatic heterocycles. The van der Waals surface area contributed by atoms with Gasteiger partial charge in [-0.3, -0.25) is 11.3 Å². The molecule has 1 fully saturated rings. The van der Waals surface area contributed by atoms with Crippen molar-refractivity contribution in [1.29, 1.82) is 0 Å². The lowest BCUT2D eigenvalue weighted by molar-refractivity contribution is 0.353. The van der Waals surface area contributed by atoms with Crippen LogP contribution in [0.15, 0.2) is 12.1 Å². The van der Waals surface area contributed by atoms with Crippen molar-refractivity contribution in [3.05, 3.63) is 22.7 Å². The van der Waals surface area contributed by atoms with Crippen LogP contribution in [0, 0.1) is 5.92 Å². The molecule has 1 saturated carbocycles. The normalized spacial score (nSPS) is 16.7. The largest absolute Gasteiger partial charge is 0.493 e. The van der Waals surface area contributed by atoms with E-state index in [1.54, 1.807) is 14.2 Å². The van der Waals surface area contributed by atoms with Gasteiger partial charge in [-0.05, 0) is 36.5 Å². The molecule has 0 bridgehead atoms. The molecule has 1 aromatic carbocycles. The Morgan fingerprint density at radius 1 is 1.35 bits per heavy atom. The minimum Gasteiger partial charge on any atom is -0.493 e. The zero-order valence-electron chi connectivity index (χ0n) is 10.00. The maximum Gasteiger partial charge on any atom is 0.179 e. The Morgan fingerprint density at radius 3 is 2.53 bits per heavy atom. The molecule has 0 aromatic heterocycles. The zero-order chi connectivity index (χ0) is 12.4. The molecular weight excluding hydrogens is 240 g/mol. The van der Waals surface area contributed by atoms with Gasteiger partial charge in [0.2, 0.25) is 0 Å². The molecule has 1 atom stereocenters. The molecule has 0 amide bonds. The van der Waals surface area contributed by atoms with E-state index in [4.69, 9.17) is 26.9 Å². The Morgan fingerprint density at radius 2 is 2.06 bits per heavy atom. The summed E-state index contributed by atoms with van der Waals surface area (Å²) in [4.78, 5) is 0. The van der Waals surface area contributed by atoms with E-state index in [-0.39, 0.29) is 6.04 Å². The highest BCUT2D eigenvalue weighted by molar-refractivity contribution is 6.32. The molecule has 94 valence electrons. The molecule has 2 rings (SSSR count). The molecule has 1 unspecified atom stereocenters. The van der Waals surface area contributed by atoms with Gasteiger partial charge in [0.25, 0.3) is 0 Å². The molecule has 1 aromatic rings. The number of hydrazine groups is 1. The lowest BCUT2D eigenvalue weighted by Crippen LogP contribution is -2.29. The average molecular weight is 257 g/mol. The second kappa shape index (κ2) is 5.12. The van der Waals surface area contributed by atoms with Gasteiger partial charge in [-0.15, -0.1) is 0 Å². The van der Waals surface area contributed by atoms with Crippen molar-refractivity contribution < 1.29 is 9.47 Å². The highest BCUT2D eigenvalue weighted by atomic mass is 35.5. The van der Waals surface area contributed by atoms with Crippen LogP contribution >= 0.6 is 11.6 Å². The highest BCUT2D eigenvalue weighted by Crippen LogP contribution is 2.44. The van der Waals surface area contributed by atoms with Crippen LogP contribution in [0.4, 0.5) is 0 Å². The molecule has 17 heavy (non-hydrogen) atoms. The van der Waals surface area contributed by atoms with E-state index in [2.05, 4.69) is 5.43 Å². The summed E-state index contributed by atoms with van der Waals surface area (Å²) in [6, 6.07) is 3.94. The number of rotatable bonds is 5. The van der Waals surface area contributed by atoms with Crippen LogP contribution in [0.3, 0.4) is 0 Å². The Balaban J connectivity index is 2.37. The number of halogens is 1. The first-order valence-electron chi connectivity index (χ1n) is 5.58. The summed E-state index contributed by atoms with van der Waals surface area (Å²) in [5, 5.41) is 0.544. The monoisotopic (exact) mass is 256 g/mol. The van der Waals surface area contributed by atoms with Gasteiger partial charge in [0.15, 0.2) is 11.5 Å². The third-order valence-electron chi connectivity index (χ3n) is 3.09. The highest BCUT2D eigenvalue weighted by Gasteiger charge is 2.32. The number of hydrogen-bond acceptors (Lipinski definition) is 4. The first kappa shape index (κ1) is 12.5. The summed E-state index contributed by atoms with van der Waals surface area (Å²) in [7, 11) is 3.17. The second-order valence-corrected chi connectivity index (χ2v) is 4.63. The Labute approximate surface area is 106 Å². The molecule has 5 heteroatoms. The molecule has 1 aliphatic rings. The molecule has 1 aliphatic carbocycles. The topological polar surface area (TPSA) is 56.5 Å². The van der Waals surface area contributed by atoms with Crippen molar-refractivity contribution in [2.45, 2.75) is 18.9 Å². The van der Waals surface area contributed by atoms with Crippen LogP contribution in [0.25, 0.3) is 0 Å². The SMILES string of the molecule is COc1cc(C(NN)C2CC2)cc(Cl)c1OC. The van der Waals surface area contributed by atoms with Crippen molar-refractivity contribution in [2.75, 3.05) is 14.2 Å². The minimum atomic E-state index is 0.132. The molecule has 0 radical (unpaired) electrons. The molecule has 0 saturated heterocycles. The number of ether oxygens (including phenoxy) is 2. The summed E-state index contributed by atoms with van der Waals surface area (Å²) >= 11 is 6.17. The van der Waals surface area contributed by atoms with Gasteiger partial charge in [-0.2, -0.15) is 0 Å². The Bertz CT molecular complexity index is 408. The van der Waals surface area contributed by atoms with Gasteiger partial charge in [0.1, 0.15) is 0 Å². The predicted molar refractivity (Wildman–Crippen MR) is 67.3 cm³/mol. The average Bonchev–Trinajstić information content (AvgIpc) is 3.13. The van der Waals surface area contributed by atoms with Gasteiger partial charge in [0.05, 0.1) is 19.2 Å². The number of benzene rings is 1. The maximum atomic E-state index is 6.17. The molecule has 0 heterocycles. The summed E-state index contributed by atoms with van der Waals surface area (Å²) in [5.74, 6) is 7.38. The Kier molecular flexibility index (Phi) is 3.76. The van der Waals surface area contributed by atoms with Gasteiger partial charge in [-0.25, -0.2) is 0 Å². The maximum absolute atomic E-state index is 6.17. The number of methoxy groups -OCH3 is 2. The fraction of sp³-hybridized carbons (Fsp3) is 0.500. The Hall–Kier alpha value is -0.970. The first-order chi connectivity index (χ1) is 8.21. The van der Waals surface area contributed by atoms with Crippen LogP contribution < -0.4 is 20.7 Å². The summed E-state index contributed by atoms with van der Waals surface area (Å²) in [6.45, 7) is 0. The van der Waals surface area contributed by atoms with Crippen LogP contribution in [-0.2, 0) is 0 Å². The number of nitrogens with one attached hydrogen (secondary N) is 1. The molecule has 4 nitrogen and oxygen atoms in total. The molecule has 3 N–H and O–H groups in total. The summed E-state index contributed by atoms with van der Waals surface area (Å²) < 4.78 is 10.5. The van der Waals surface area contributed by atoms with Crippen molar-refractivity contribution >= 4 is 11.6 Å². The van der Waals surface area contributed by atoms with E-state index in [0.29, 0.717) is 22.4 Å². The molecule has 0 spiro atoms. The predicted octanol–water partition coefficient (Wildman–Crippen LogP) is 2.27. The van der Waals surface area contributed by atoms with E-state index in [1.807, 2.05) is 12.1 Å². The van der Waals surface area contributed by atoms with Crippen LogP contribution in [0.5, 0.6) is 11.5 Å². The van der Waals surface area contributed by atoms with Crippen LogP contribution in [0.2, 0.25) is 5.02 Å². The summed E-state index contributed by atoms with van der Waals surface area (Å²) in [5.41, 5.74) is 3.88. The van der Waals surface area contributed by atoms with E-state index >= 15 is 0 Å². The number of nitrogens with two attached hydrogens (primary N) is 1. The van der Waals surface area contributed by atoms with Crippen molar-refractivity contribution in [2.24, 2.45) is 11.8 Å². The quantitative estimate of drug-likeness (QED) is 0.627. The van der Waals surface area contributed by atoms with Crippen molar-refractivity contribution in [3.8, 4) is 11.5 Å². The first-order valence-corrected chi connectivity index (χ1v) is 5.96. The standard InChI is InChI=1S/C12H17ClN2O2/c1-16-10-6-8(5-9(13)12(10)17-2)11(15-14)7-3-4-7/h5-7,11,15H,3-4,14H2,1-2H3. The van der Waals surface area contributed by atoms with E-state index < -0.39 is 0 Å². The van der Waals surface area contributed by atoms with Gasteiger partial charge in [-0.1, -0.05) is 11.6 Å².